The van der Waals surface area contributed by atoms with Gasteiger partial charge in [-0.05, 0) is 17.7 Å². The summed E-state index contributed by atoms with van der Waals surface area (Å²) in [5.74, 6) is 0.533. The van der Waals surface area contributed by atoms with E-state index in [1.165, 1.54) is 11.8 Å². The van der Waals surface area contributed by atoms with E-state index in [9.17, 15) is 9.90 Å². The highest BCUT2D eigenvalue weighted by atomic mass is 35.5. The lowest BCUT2D eigenvalue weighted by Crippen LogP contribution is -2.37. The first-order valence-corrected chi connectivity index (χ1v) is 10.6. The van der Waals surface area contributed by atoms with Gasteiger partial charge < -0.3 is 9.84 Å². The molecule has 1 saturated heterocycles. The van der Waals surface area contributed by atoms with Gasteiger partial charge in [-0.15, -0.1) is 12.4 Å². The van der Waals surface area contributed by atoms with Gasteiger partial charge in [0.1, 0.15) is 5.56 Å². The van der Waals surface area contributed by atoms with Gasteiger partial charge in [0.2, 0.25) is 5.88 Å². The molecule has 2 aromatic carbocycles. The van der Waals surface area contributed by atoms with Crippen molar-refractivity contribution in [1.82, 2.24) is 14.5 Å². The van der Waals surface area contributed by atoms with Gasteiger partial charge in [-0.2, -0.15) is 4.98 Å². The van der Waals surface area contributed by atoms with Crippen molar-refractivity contribution in [3.63, 3.8) is 0 Å². The fraction of sp³-hybridized carbons (Fsp3) is 0.273. The zero-order valence-electron chi connectivity index (χ0n) is 16.4. The lowest BCUT2D eigenvalue weighted by Gasteiger charge is -2.26. The van der Waals surface area contributed by atoms with E-state index in [1.807, 2.05) is 48.5 Å². The van der Waals surface area contributed by atoms with Gasteiger partial charge in [0.25, 0.3) is 5.56 Å². The largest absolute Gasteiger partial charge is 0.493 e. The van der Waals surface area contributed by atoms with Crippen LogP contribution in [0.2, 0.25) is 0 Å². The van der Waals surface area contributed by atoms with Crippen molar-refractivity contribution in [2.75, 3.05) is 38.6 Å². The van der Waals surface area contributed by atoms with Gasteiger partial charge in [0.05, 0.1) is 18.9 Å². The number of nitrogens with zero attached hydrogens (tertiary/aromatic N) is 3. The first-order valence-electron chi connectivity index (χ1n) is 9.64. The molecule has 2 heterocycles. The number of thioether (sulfide) groups is 1. The van der Waals surface area contributed by atoms with Crippen LogP contribution in [0.4, 0.5) is 0 Å². The number of ether oxygens (including phenoxy) is 1. The van der Waals surface area contributed by atoms with Crippen LogP contribution in [0, 0.1) is 0 Å². The topological polar surface area (TPSA) is 67.6 Å². The van der Waals surface area contributed by atoms with Crippen LogP contribution in [0.15, 0.2) is 70.6 Å². The Morgan fingerprint density at radius 2 is 1.63 bits per heavy atom. The van der Waals surface area contributed by atoms with E-state index in [1.54, 1.807) is 16.7 Å². The molecule has 158 valence electrons. The van der Waals surface area contributed by atoms with Gasteiger partial charge in [-0.1, -0.05) is 60.3 Å². The lowest BCUT2D eigenvalue weighted by molar-refractivity contribution is 0.0410. The molecule has 0 unspecified atom stereocenters. The van der Waals surface area contributed by atoms with E-state index in [0.717, 1.165) is 44.3 Å². The molecule has 1 aliphatic rings. The third-order valence-corrected chi connectivity index (χ3v) is 5.77. The van der Waals surface area contributed by atoms with E-state index in [2.05, 4.69) is 9.88 Å². The molecule has 8 heteroatoms. The van der Waals surface area contributed by atoms with Crippen LogP contribution in [0.3, 0.4) is 0 Å². The zero-order chi connectivity index (χ0) is 20.1. The first-order chi connectivity index (χ1) is 14.2. The summed E-state index contributed by atoms with van der Waals surface area (Å²) in [4.78, 5) is 20.1. The summed E-state index contributed by atoms with van der Waals surface area (Å²) < 4.78 is 6.98. The smallest absolute Gasteiger partial charge is 0.270 e. The minimum absolute atomic E-state index is 0. The summed E-state index contributed by atoms with van der Waals surface area (Å²) in [6.07, 6.45) is 0. The molecule has 0 spiro atoms. The number of morpholine rings is 1. The highest BCUT2D eigenvalue weighted by Crippen LogP contribution is 2.28. The number of hydrogen-bond donors (Lipinski definition) is 1. The average Bonchev–Trinajstić information content (AvgIpc) is 2.76. The van der Waals surface area contributed by atoms with Crippen LogP contribution in [0.25, 0.3) is 16.8 Å². The molecule has 1 fully saturated rings. The lowest BCUT2D eigenvalue weighted by atomic mass is 10.1. The molecular formula is C22H24ClN3O3S. The number of aromatic nitrogens is 2. The summed E-state index contributed by atoms with van der Waals surface area (Å²) in [6.45, 7) is 4.21. The van der Waals surface area contributed by atoms with Crippen molar-refractivity contribution >= 4 is 24.2 Å². The number of halogens is 1. The minimum Gasteiger partial charge on any atom is -0.493 e. The SMILES string of the molecule is Cl.O=c1c(-c2ccccc2)c(O)nc(SCCN2CCOCC2)n1-c1ccccc1. The van der Waals surface area contributed by atoms with Crippen molar-refractivity contribution in [1.29, 1.82) is 0 Å². The molecule has 0 saturated carbocycles. The Morgan fingerprint density at radius 1 is 1.00 bits per heavy atom. The molecule has 3 aromatic rings. The summed E-state index contributed by atoms with van der Waals surface area (Å²) in [6, 6.07) is 18.6. The minimum atomic E-state index is -0.274. The number of benzene rings is 2. The van der Waals surface area contributed by atoms with Crippen molar-refractivity contribution in [2.24, 2.45) is 0 Å². The normalized spacial score (nSPS) is 14.3. The molecule has 1 N–H and O–H groups in total. The fourth-order valence-electron chi connectivity index (χ4n) is 3.34. The predicted octanol–water partition coefficient (Wildman–Crippen LogP) is 3.45. The Morgan fingerprint density at radius 3 is 2.30 bits per heavy atom. The van der Waals surface area contributed by atoms with Gasteiger partial charge >= 0.3 is 0 Å². The van der Waals surface area contributed by atoms with Gasteiger partial charge in [-0.25, -0.2) is 0 Å². The van der Waals surface area contributed by atoms with Gasteiger partial charge in [0, 0.05) is 25.4 Å². The Kier molecular flexibility index (Phi) is 7.93. The molecule has 0 bridgehead atoms. The van der Waals surface area contributed by atoms with Crippen LogP contribution < -0.4 is 5.56 Å². The number of rotatable bonds is 6. The van der Waals surface area contributed by atoms with E-state index >= 15 is 0 Å². The van der Waals surface area contributed by atoms with Gasteiger partial charge in [-0.3, -0.25) is 14.3 Å². The van der Waals surface area contributed by atoms with Crippen molar-refractivity contribution in [3.05, 3.63) is 71.0 Å². The van der Waals surface area contributed by atoms with Crippen molar-refractivity contribution in [2.45, 2.75) is 5.16 Å². The molecule has 0 amide bonds. The second-order valence-corrected chi connectivity index (χ2v) is 7.80. The first kappa shape index (κ1) is 22.4. The third kappa shape index (κ3) is 5.05. The maximum absolute atomic E-state index is 13.4. The maximum Gasteiger partial charge on any atom is 0.270 e. The van der Waals surface area contributed by atoms with E-state index in [-0.39, 0.29) is 29.4 Å². The molecule has 6 nitrogen and oxygen atoms in total. The third-order valence-electron chi connectivity index (χ3n) is 4.85. The number of aromatic hydroxyl groups is 1. The molecule has 0 atom stereocenters. The van der Waals surface area contributed by atoms with Crippen molar-refractivity contribution < 1.29 is 9.84 Å². The van der Waals surface area contributed by atoms with Crippen LogP contribution in [0.5, 0.6) is 5.88 Å². The average molecular weight is 446 g/mol. The fourth-order valence-corrected chi connectivity index (χ4v) is 4.34. The number of para-hydroxylation sites is 1. The quantitative estimate of drug-likeness (QED) is 0.463. The zero-order valence-corrected chi connectivity index (χ0v) is 18.1. The van der Waals surface area contributed by atoms with Crippen LogP contribution in [-0.4, -0.2) is 58.2 Å². The standard InChI is InChI=1S/C22H23N3O3S.ClH/c26-20-19(17-7-3-1-4-8-17)21(27)25(18-9-5-2-6-10-18)22(23-20)29-16-13-24-11-14-28-15-12-24;/h1-10,26H,11-16H2;1H. The summed E-state index contributed by atoms with van der Waals surface area (Å²) in [5, 5.41) is 11.1. The summed E-state index contributed by atoms with van der Waals surface area (Å²) >= 11 is 1.48. The van der Waals surface area contributed by atoms with Crippen LogP contribution in [-0.2, 0) is 4.74 Å². The van der Waals surface area contributed by atoms with Crippen LogP contribution >= 0.6 is 24.2 Å². The highest BCUT2D eigenvalue weighted by Gasteiger charge is 2.19. The van der Waals surface area contributed by atoms with Gasteiger partial charge in [0.15, 0.2) is 5.16 Å². The monoisotopic (exact) mass is 445 g/mol. The van der Waals surface area contributed by atoms with E-state index < -0.39 is 0 Å². The molecule has 1 aromatic heterocycles. The summed E-state index contributed by atoms with van der Waals surface area (Å²) in [7, 11) is 0. The molecule has 4 rings (SSSR count). The second-order valence-electron chi connectivity index (χ2n) is 6.74. The maximum atomic E-state index is 13.4. The predicted molar refractivity (Wildman–Crippen MR) is 122 cm³/mol. The molecule has 30 heavy (non-hydrogen) atoms. The van der Waals surface area contributed by atoms with Crippen molar-refractivity contribution in [3.8, 4) is 22.7 Å². The Hall–Kier alpha value is -2.32. The number of hydrogen-bond acceptors (Lipinski definition) is 6. The Balaban J connectivity index is 0.00000256. The molecular weight excluding hydrogens is 422 g/mol. The molecule has 1 aliphatic heterocycles. The Labute approximate surface area is 185 Å². The van der Waals surface area contributed by atoms with E-state index in [4.69, 9.17) is 4.74 Å². The Bertz CT molecular complexity index is 1010. The summed E-state index contributed by atoms with van der Waals surface area (Å²) in [5.41, 5.74) is 1.32. The second kappa shape index (κ2) is 10.6. The molecule has 0 aliphatic carbocycles. The highest BCUT2D eigenvalue weighted by molar-refractivity contribution is 7.99. The van der Waals surface area contributed by atoms with E-state index in [0.29, 0.717) is 10.7 Å². The van der Waals surface area contributed by atoms with Crippen LogP contribution in [0.1, 0.15) is 0 Å². The molecule has 0 radical (unpaired) electrons.